The van der Waals surface area contributed by atoms with Crippen molar-refractivity contribution in [2.45, 2.75) is 106 Å². The third-order valence-corrected chi connectivity index (χ3v) is 20.2. The average molecular weight is 910 g/mol. The van der Waals surface area contributed by atoms with Crippen molar-refractivity contribution in [3.63, 3.8) is 0 Å². The number of ether oxygens (including phenoxy) is 4. The summed E-state index contributed by atoms with van der Waals surface area (Å²) in [5.74, 6) is -4.35. The van der Waals surface area contributed by atoms with Crippen molar-refractivity contribution >= 4 is 73.9 Å². The highest BCUT2D eigenvalue weighted by Gasteiger charge is 2.52. The molecule has 0 fully saturated rings. The number of hydrogen-bond donors (Lipinski definition) is 2. The molecule has 3 aromatic rings. The predicted molar refractivity (Wildman–Crippen MR) is 226 cm³/mol. The van der Waals surface area contributed by atoms with Crippen LogP contribution in [0, 0.1) is 0 Å². The first-order valence-electron chi connectivity index (χ1n) is 19.4. The number of amides is 1. The molecule has 2 heterocycles. The second-order valence-electron chi connectivity index (χ2n) is 15.3. The van der Waals surface area contributed by atoms with Crippen LogP contribution in [-0.4, -0.2) is 111 Å². The topological polar surface area (TPSA) is 210 Å². The first kappa shape index (κ1) is 48.6. The van der Waals surface area contributed by atoms with Crippen LogP contribution in [0.15, 0.2) is 75.1 Å². The third-order valence-electron chi connectivity index (χ3n) is 9.76. The van der Waals surface area contributed by atoms with Gasteiger partial charge in [0.25, 0.3) is 34.3 Å². The number of fused-ring (bicyclic) bond motifs is 1. The van der Waals surface area contributed by atoms with Crippen LogP contribution < -0.4 is 20.4 Å². The van der Waals surface area contributed by atoms with Gasteiger partial charge >= 0.3 is 17.9 Å². The minimum absolute atomic E-state index is 0.0724. The van der Waals surface area contributed by atoms with Crippen LogP contribution in [-0.2, 0) is 62.6 Å². The molecule has 1 amide bonds. The molecule has 0 saturated carbocycles. The van der Waals surface area contributed by atoms with Gasteiger partial charge in [-0.05, 0) is 62.1 Å². The Morgan fingerprint density at radius 3 is 1.83 bits per heavy atom. The second-order valence-corrected chi connectivity index (χ2v) is 24.6. The molecule has 60 heavy (non-hydrogen) atoms. The molecule has 2 N–H and O–H groups in total. The summed E-state index contributed by atoms with van der Waals surface area (Å²) >= 11 is 0.500. The molecule has 1 aliphatic heterocycles. The zero-order valence-corrected chi connectivity index (χ0v) is 38.7. The van der Waals surface area contributed by atoms with Crippen LogP contribution in [0.5, 0.6) is 0 Å². The first-order valence-corrected chi connectivity index (χ1v) is 25.1. The smallest absolute Gasteiger partial charge is 0.347 e. The van der Waals surface area contributed by atoms with Crippen LogP contribution in [0.3, 0.4) is 0 Å². The van der Waals surface area contributed by atoms with E-state index < -0.39 is 91.9 Å². The minimum atomic E-state index is -4.63. The van der Waals surface area contributed by atoms with Crippen molar-refractivity contribution in [1.29, 1.82) is 0 Å². The number of carbonyl (C=O) groups is 4. The van der Waals surface area contributed by atoms with Gasteiger partial charge in [0.2, 0.25) is 0 Å². The Labute approximate surface area is 357 Å². The standard InChI is InChI=1S/C40H55N3O13S3Si/c1-10-41-33-25-43(22-17-23-52-9)59(50,51)39-32(33)24-34(57-39)58(48,49)42-35(44)26(2)53-36(45)27(3)54-37(46)28(4)55-38(47)29(5)56-60(40(6,7)8,30-18-13-11-14-19-30)31-20-15-12-16-21-31/h11-16,18-21,24,26-29,33,41H,10,17,22-23,25H2,1-9H3,(H,42,44)/t26-,27-,28-,29-,33-/m0/s1. The summed E-state index contributed by atoms with van der Waals surface area (Å²) in [6.45, 7) is 14.1. The normalized spacial score (nSPS) is 17.6. The third kappa shape index (κ3) is 11.1. The number of carbonyl (C=O) groups excluding carboxylic acids is 4. The molecule has 0 bridgehead atoms. The van der Waals surface area contributed by atoms with Gasteiger partial charge in [0.05, 0.1) is 0 Å². The second kappa shape index (κ2) is 20.2. The average Bonchev–Trinajstić information content (AvgIpc) is 3.67. The number of methoxy groups -OCH3 is 1. The highest BCUT2D eigenvalue weighted by atomic mass is 32.3. The molecule has 2 aromatic carbocycles. The minimum Gasteiger partial charge on any atom is -0.450 e. The lowest BCUT2D eigenvalue weighted by atomic mass is 10.1. The Morgan fingerprint density at radius 1 is 0.850 bits per heavy atom. The van der Waals surface area contributed by atoms with Crippen LogP contribution in [0.2, 0.25) is 5.04 Å². The Balaban J connectivity index is 1.37. The molecule has 0 spiro atoms. The number of sulfonamides is 2. The van der Waals surface area contributed by atoms with Gasteiger partial charge in [0.15, 0.2) is 18.3 Å². The van der Waals surface area contributed by atoms with Crippen molar-refractivity contribution in [2.75, 3.05) is 33.4 Å². The number of hydrogen-bond acceptors (Lipinski definition) is 15. The quantitative estimate of drug-likeness (QED) is 0.0768. The van der Waals surface area contributed by atoms with Gasteiger partial charge in [0, 0.05) is 38.4 Å². The maximum absolute atomic E-state index is 13.4. The number of thiophene rings is 1. The fraction of sp³-hybridized carbons (Fsp3) is 0.500. The van der Waals surface area contributed by atoms with Gasteiger partial charge in [-0.15, -0.1) is 11.3 Å². The summed E-state index contributed by atoms with van der Waals surface area (Å²) in [6, 6.07) is 20.0. The van der Waals surface area contributed by atoms with Crippen molar-refractivity contribution in [3.05, 3.63) is 72.3 Å². The van der Waals surface area contributed by atoms with Crippen LogP contribution in [0.4, 0.5) is 0 Å². The molecule has 20 heteroatoms. The van der Waals surface area contributed by atoms with E-state index >= 15 is 0 Å². The molecule has 4 rings (SSSR count). The van der Waals surface area contributed by atoms with E-state index in [1.807, 2.05) is 93.1 Å². The van der Waals surface area contributed by atoms with E-state index in [1.165, 1.54) is 31.3 Å². The van der Waals surface area contributed by atoms with Crippen molar-refractivity contribution in [2.24, 2.45) is 0 Å². The summed E-state index contributed by atoms with van der Waals surface area (Å²) in [7, 11) is -10.3. The summed E-state index contributed by atoms with van der Waals surface area (Å²) in [6.07, 6.45) is -5.46. The fourth-order valence-electron chi connectivity index (χ4n) is 6.71. The van der Waals surface area contributed by atoms with Gasteiger partial charge in [-0.2, -0.15) is 4.31 Å². The van der Waals surface area contributed by atoms with E-state index in [4.69, 9.17) is 23.4 Å². The summed E-state index contributed by atoms with van der Waals surface area (Å²) < 4.78 is 83.7. The molecule has 0 aliphatic carbocycles. The van der Waals surface area contributed by atoms with Crippen molar-refractivity contribution < 1.29 is 59.4 Å². The van der Waals surface area contributed by atoms with Gasteiger partial charge in [-0.1, -0.05) is 88.4 Å². The number of likely N-dealkylation sites (N-methyl/N-ethyl adjacent to an activating group) is 1. The molecule has 0 saturated heterocycles. The Morgan fingerprint density at radius 2 is 1.35 bits per heavy atom. The lowest BCUT2D eigenvalue weighted by Crippen LogP contribution is -2.68. The Kier molecular flexibility index (Phi) is 16.4. The maximum Gasteiger partial charge on any atom is 0.347 e. The summed E-state index contributed by atoms with van der Waals surface area (Å²) in [4.78, 5) is 52.3. The highest BCUT2D eigenvalue weighted by molar-refractivity contribution is 7.94. The van der Waals surface area contributed by atoms with Gasteiger partial charge in [-0.25, -0.2) is 35.9 Å². The Hall–Kier alpha value is -4.02. The molecule has 16 nitrogen and oxygen atoms in total. The molecular formula is C40H55N3O13S3Si. The number of esters is 3. The molecule has 0 radical (unpaired) electrons. The van der Waals surface area contributed by atoms with Gasteiger partial charge < -0.3 is 28.7 Å². The maximum atomic E-state index is 13.4. The predicted octanol–water partition coefficient (Wildman–Crippen LogP) is 3.00. The largest absolute Gasteiger partial charge is 0.450 e. The SMILES string of the molecule is CCN[C@H]1CN(CCCOC)S(=O)(=O)c2sc(S(=O)(=O)NC(=O)[C@H](C)OC(=O)[C@H](C)OC(=O)[C@H](C)OC(=O)[C@H](C)O[Si](c3ccccc3)(c3ccccc3)C(C)(C)C)cc21. The van der Waals surface area contributed by atoms with E-state index in [0.29, 0.717) is 30.9 Å². The zero-order valence-electron chi connectivity index (χ0n) is 35.3. The van der Waals surface area contributed by atoms with E-state index in [0.717, 1.165) is 17.3 Å². The molecule has 330 valence electrons. The van der Waals surface area contributed by atoms with E-state index in [-0.39, 0.29) is 22.9 Å². The first-order chi connectivity index (χ1) is 28.1. The van der Waals surface area contributed by atoms with Crippen molar-refractivity contribution in [1.82, 2.24) is 14.3 Å². The van der Waals surface area contributed by atoms with E-state index in [9.17, 15) is 36.0 Å². The van der Waals surface area contributed by atoms with Crippen LogP contribution in [0.1, 0.15) is 73.4 Å². The molecule has 1 aromatic heterocycles. The number of rotatable bonds is 19. The lowest BCUT2D eigenvalue weighted by molar-refractivity contribution is -0.180. The van der Waals surface area contributed by atoms with E-state index in [2.05, 4.69) is 5.32 Å². The van der Waals surface area contributed by atoms with Crippen LogP contribution in [0.25, 0.3) is 0 Å². The number of nitrogens with one attached hydrogen (secondary N) is 2. The number of nitrogens with zero attached hydrogens (tertiary/aromatic N) is 1. The molecular weight excluding hydrogens is 855 g/mol. The van der Waals surface area contributed by atoms with Gasteiger partial charge in [0.1, 0.15) is 14.5 Å². The molecule has 1 aliphatic rings. The lowest BCUT2D eigenvalue weighted by Gasteiger charge is -2.44. The van der Waals surface area contributed by atoms with E-state index in [1.54, 1.807) is 6.92 Å². The van der Waals surface area contributed by atoms with Crippen molar-refractivity contribution in [3.8, 4) is 0 Å². The monoisotopic (exact) mass is 909 g/mol. The molecule has 5 atom stereocenters. The van der Waals surface area contributed by atoms with Crippen LogP contribution >= 0.6 is 11.3 Å². The van der Waals surface area contributed by atoms with Gasteiger partial charge in [-0.3, -0.25) is 4.79 Å². The summed E-state index contributed by atoms with van der Waals surface area (Å²) in [5.41, 5.74) is 0.258. The molecule has 0 unspecified atom stereocenters. The summed E-state index contributed by atoms with van der Waals surface area (Å²) in [5, 5.41) is 4.60. The highest BCUT2D eigenvalue weighted by Crippen LogP contribution is 2.40. The fourth-order valence-corrected chi connectivity index (χ4v) is 16.3. The Bertz CT molecular complexity index is 2160. The number of benzene rings is 2. The zero-order chi connectivity index (χ0) is 44.6.